The van der Waals surface area contributed by atoms with Crippen LogP contribution in [0, 0.1) is 5.82 Å². The first-order valence-corrected chi connectivity index (χ1v) is 5.72. The number of H-pyrrole nitrogens is 1. The number of fused-ring (bicyclic) bond motifs is 1. The van der Waals surface area contributed by atoms with Crippen LogP contribution in [0.15, 0.2) is 23.0 Å². The summed E-state index contributed by atoms with van der Waals surface area (Å²) in [5, 5.41) is 1.30. The molecule has 0 saturated carbocycles. The van der Waals surface area contributed by atoms with Gasteiger partial charge in [0.05, 0.1) is 5.52 Å². The highest BCUT2D eigenvalue weighted by molar-refractivity contribution is 5.85. The molecule has 2 aromatic rings. The van der Waals surface area contributed by atoms with Gasteiger partial charge in [0.1, 0.15) is 12.1 Å². The third-order valence-corrected chi connectivity index (χ3v) is 2.73. The van der Waals surface area contributed by atoms with Crippen LogP contribution in [0.2, 0.25) is 0 Å². The second-order valence-electron chi connectivity index (χ2n) is 4.37. The highest BCUT2D eigenvalue weighted by Crippen LogP contribution is 2.35. The van der Waals surface area contributed by atoms with Crippen LogP contribution in [0.4, 0.5) is 36.4 Å². The first-order chi connectivity index (χ1) is 9.99. The van der Waals surface area contributed by atoms with E-state index in [1.807, 2.05) is 10.3 Å². The molecule has 2 rings (SSSR count). The highest BCUT2D eigenvalue weighted by atomic mass is 19.4. The van der Waals surface area contributed by atoms with Crippen molar-refractivity contribution in [2.24, 2.45) is 0 Å². The zero-order valence-electron chi connectivity index (χ0n) is 10.5. The van der Waals surface area contributed by atoms with Gasteiger partial charge in [-0.1, -0.05) is 6.07 Å². The fourth-order valence-corrected chi connectivity index (χ4v) is 1.86. The molecule has 0 saturated heterocycles. The van der Waals surface area contributed by atoms with Gasteiger partial charge in [0.15, 0.2) is 0 Å². The summed E-state index contributed by atoms with van der Waals surface area (Å²) in [4.78, 5) is 13.1. The maximum absolute atomic E-state index is 13.4. The molecule has 0 amide bonds. The average molecular weight is 328 g/mol. The number of anilines is 1. The monoisotopic (exact) mass is 328 g/mol. The van der Waals surface area contributed by atoms with Gasteiger partial charge in [-0.15, -0.1) is 0 Å². The van der Waals surface area contributed by atoms with Crippen molar-refractivity contribution in [1.29, 1.82) is 0 Å². The highest BCUT2D eigenvalue weighted by Gasteiger charge is 2.37. The number of aromatic amines is 1. The Morgan fingerprint density at radius 3 is 2.27 bits per heavy atom. The second kappa shape index (κ2) is 5.18. The van der Waals surface area contributed by atoms with Gasteiger partial charge in [0.2, 0.25) is 5.82 Å². The topological polar surface area (TPSA) is 44.9 Å². The van der Waals surface area contributed by atoms with E-state index >= 15 is 0 Å². The third-order valence-electron chi connectivity index (χ3n) is 2.73. The molecule has 0 spiro atoms. The summed E-state index contributed by atoms with van der Waals surface area (Å²) >= 11 is 0. The predicted molar refractivity (Wildman–Crippen MR) is 64.1 cm³/mol. The maximum Gasteiger partial charge on any atom is 0.420 e. The minimum Gasteiger partial charge on any atom is -0.376 e. The molecule has 0 unspecified atom stereocenters. The van der Waals surface area contributed by atoms with Crippen LogP contribution < -0.4 is 10.9 Å². The quantitative estimate of drug-likeness (QED) is 0.827. The Morgan fingerprint density at radius 2 is 1.73 bits per heavy atom. The van der Waals surface area contributed by atoms with Crippen molar-refractivity contribution in [3.05, 3.63) is 39.9 Å². The Kier molecular flexibility index (Phi) is 3.80. The van der Waals surface area contributed by atoms with Gasteiger partial charge in [-0.3, -0.25) is 4.79 Å². The van der Waals surface area contributed by atoms with Crippen LogP contribution in [0.3, 0.4) is 0 Å². The van der Waals surface area contributed by atoms with E-state index in [2.05, 4.69) is 0 Å². The van der Waals surface area contributed by atoms with Crippen molar-refractivity contribution >= 4 is 16.6 Å². The molecule has 0 aliphatic heterocycles. The molecule has 2 N–H and O–H groups in total. The Morgan fingerprint density at radius 1 is 1.09 bits per heavy atom. The zero-order chi connectivity index (χ0) is 16.7. The Labute approximate surface area is 117 Å². The lowest BCUT2D eigenvalue weighted by molar-refractivity contribution is -0.138. The van der Waals surface area contributed by atoms with E-state index in [4.69, 9.17) is 0 Å². The maximum atomic E-state index is 13.4. The molecule has 3 nitrogen and oxygen atoms in total. The van der Waals surface area contributed by atoms with Crippen LogP contribution in [0.25, 0.3) is 10.9 Å². The smallest absolute Gasteiger partial charge is 0.376 e. The lowest BCUT2D eigenvalue weighted by Crippen LogP contribution is -2.22. The third kappa shape index (κ3) is 3.31. The fourth-order valence-electron chi connectivity index (χ4n) is 1.86. The zero-order valence-corrected chi connectivity index (χ0v) is 10.5. The summed E-state index contributed by atoms with van der Waals surface area (Å²) in [6, 6.07) is 2.59. The number of hydrogen-bond donors (Lipinski definition) is 2. The SMILES string of the molecule is O=c1[nH]c2cc(NCC(F)(F)F)ccc2c(C(F)(F)F)c1F. The van der Waals surface area contributed by atoms with E-state index in [9.17, 15) is 35.5 Å². The number of pyridine rings is 1. The molecule has 120 valence electrons. The van der Waals surface area contributed by atoms with Crippen LogP contribution in [-0.4, -0.2) is 17.7 Å². The first-order valence-electron chi connectivity index (χ1n) is 5.72. The van der Waals surface area contributed by atoms with Crippen LogP contribution >= 0.6 is 0 Å². The van der Waals surface area contributed by atoms with E-state index < -0.39 is 46.7 Å². The molecule has 22 heavy (non-hydrogen) atoms. The number of aromatic nitrogens is 1. The molecule has 0 atom stereocenters. The van der Waals surface area contributed by atoms with E-state index in [0.29, 0.717) is 0 Å². The minimum atomic E-state index is -5.11. The molecule has 1 aromatic carbocycles. The number of nitrogens with one attached hydrogen (secondary N) is 2. The Bertz CT molecular complexity index is 761. The largest absolute Gasteiger partial charge is 0.420 e. The van der Waals surface area contributed by atoms with Crippen molar-refractivity contribution < 1.29 is 30.7 Å². The van der Waals surface area contributed by atoms with Gasteiger partial charge in [0, 0.05) is 11.1 Å². The molecule has 10 heteroatoms. The van der Waals surface area contributed by atoms with E-state index in [0.717, 1.165) is 18.2 Å². The van der Waals surface area contributed by atoms with Crippen LogP contribution in [-0.2, 0) is 6.18 Å². The van der Waals surface area contributed by atoms with Crippen molar-refractivity contribution in [3.8, 4) is 0 Å². The molecule has 1 aromatic heterocycles. The second-order valence-corrected chi connectivity index (χ2v) is 4.37. The summed E-state index contributed by atoms with van der Waals surface area (Å²) in [6.45, 7) is -1.41. The molecular weight excluding hydrogens is 321 g/mol. The number of hydrogen-bond acceptors (Lipinski definition) is 2. The van der Waals surface area contributed by atoms with Gasteiger partial charge in [-0.25, -0.2) is 4.39 Å². The molecule has 0 aliphatic rings. The van der Waals surface area contributed by atoms with Crippen molar-refractivity contribution in [2.45, 2.75) is 12.4 Å². The van der Waals surface area contributed by atoms with Crippen molar-refractivity contribution in [3.63, 3.8) is 0 Å². The summed E-state index contributed by atoms with van der Waals surface area (Å²) in [6.07, 6.45) is -9.64. The van der Waals surface area contributed by atoms with E-state index in [1.165, 1.54) is 0 Å². The van der Waals surface area contributed by atoms with Gasteiger partial charge < -0.3 is 10.3 Å². The first kappa shape index (κ1) is 16.1. The fraction of sp³-hybridized carbons (Fsp3) is 0.250. The Hall–Kier alpha value is -2.26. The van der Waals surface area contributed by atoms with Gasteiger partial charge in [-0.05, 0) is 12.1 Å². The number of halogens is 7. The normalized spacial score (nSPS) is 12.7. The van der Waals surface area contributed by atoms with Crippen LogP contribution in [0.1, 0.15) is 5.56 Å². The van der Waals surface area contributed by atoms with Crippen LogP contribution in [0.5, 0.6) is 0 Å². The van der Waals surface area contributed by atoms with Crippen molar-refractivity contribution in [2.75, 3.05) is 11.9 Å². The van der Waals surface area contributed by atoms with E-state index in [1.54, 1.807) is 0 Å². The lowest BCUT2D eigenvalue weighted by Gasteiger charge is -2.13. The predicted octanol–water partition coefficient (Wildman–Crippen LogP) is 3.66. The molecule has 0 radical (unpaired) electrons. The molecule has 1 heterocycles. The van der Waals surface area contributed by atoms with Gasteiger partial charge in [0.25, 0.3) is 5.56 Å². The lowest BCUT2D eigenvalue weighted by atomic mass is 10.1. The standard InChI is InChI=1S/C12H7F7N2O/c13-9-8(12(17,18)19)6-2-1-5(20-4-11(14,15)16)3-7(6)21-10(9)22/h1-3,20H,4H2,(H,21,22). The molecule has 0 fully saturated rings. The molecular formula is C12H7F7N2O. The summed E-state index contributed by atoms with van der Waals surface area (Å²) in [5.41, 5.74) is -3.95. The summed E-state index contributed by atoms with van der Waals surface area (Å²) < 4.78 is 88.0. The molecule has 0 aliphatic carbocycles. The number of alkyl halides is 6. The molecule has 0 bridgehead atoms. The van der Waals surface area contributed by atoms with Gasteiger partial charge in [-0.2, -0.15) is 26.3 Å². The number of rotatable bonds is 2. The average Bonchev–Trinajstić information content (AvgIpc) is 2.35. The van der Waals surface area contributed by atoms with Gasteiger partial charge >= 0.3 is 12.4 Å². The minimum absolute atomic E-state index is 0.166. The van der Waals surface area contributed by atoms with E-state index in [-0.39, 0.29) is 5.69 Å². The summed E-state index contributed by atoms with van der Waals surface area (Å²) in [7, 11) is 0. The summed E-state index contributed by atoms with van der Waals surface area (Å²) in [5.74, 6) is -1.99. The number of benzene rings is 1. The Balaban J connectivity index is 2.56. The van der Waals surface area contributed by atoms with Crippen molar-refractivity contribution in [1.82, 2.24) is 4.98 Å².